The number of rotatable bonds is 2. The number of benzene rings is 2. The van der Waals surface area contributed by atoms with Crippen LogP contribution in [0, 0.1) is 0 Å². The van der Waals surface area contributed by atoms with E-state index in [1.165, 1.54) is 0 Å². The molecule has 0 heterocycles. The van der Waals surface area contributed by atoms with Gasteiger partial charge in [0, 0.05) is 10.6 Å². The van der Waals surface area contributed by atoms with Gasteiger partial charge in [-0.2, -0.15) is 0 Å². The van der Waals surface area contributed by atoms with Crippen molar-refractivity contribution in [1.29, 1.82) is 0 Å². The van der Waals surface area contributed by atoms with Crippen LogP contribution in [0.5, 0.6) is 0 Å². The molecule has 0 aliphatic heterocycles. The Morgan fingerprint density at radius 1 is 0.875 bits per heavy atom. The Morgan fingerprint density at radius 2 is 1.50 bits per heavy atom. The number of hydrogen-bond acceptors (Lipinski definition) is 1. The molecule has 0 atom stereocenters. The topological polar surface area (TPSA) is 12.4 Å². The van der Waals surface area contributed by atoms with E-state index in [1.807, 2.05) is 42.5 Å². The van der Waals surface area contributed by atoms with Gasteiger partial charge in [-0.15, -0.1) is 0 Å². The van der Waals surface area contributed by atoms with Gasteiger partial charge in [0.15, 0.2) is 0 Å². The molecule has 0 radical (unpaired) electrons. The number of nitrogens with zero attached hydrogens (tertiary/aromatic N) is 1. The Balaban J connectivity index is 2.28. The van der Waals surface area contributed by atoms with Gasteiger partial charge in [-0.1, -0.05) is 53.5 Å². The zero-order valence-corrected chi connectivity index (χ0v) is 9.91. The summed E-state index contributed by atoms with van der Waals surface area (Å²) in [4.78, 5) is 4.29. The van der Waals surface area contributed by atoms with Crippen molar-refractivity contribution in [2.75, 3.05) is 0 Å². The third kappa shape index (κ3) is 2.84. The number of hydrogen-bond donors (Lipinski definition) is 0. The third-order valence-electron chi connectivity index (χ3n) is 2.07. The Hall–Kier alpha value is -1.31. The van der Waals surface area contributed by atoms with Gasteiger partial charge in [0.2, 0.25) is 0 Å². The SMILES string of the molecule is Cl/C(=N/c1ccc(Cl)cc1)c1ccccc1. The molecule has 0 bridgehead atoms. The Morgan fingerprint density at radius 3 is 2.12 bits per heavy atom. The molecule has 0 spiro atoms. The molecule has 0 saturated carbocycles. The van der Waals surface area contributed by atoms with Crippen molar-refractivity contribution in [2.24, 2.45) is 4.99 Å². The monoisotopic (exact) mass is 249 g/mol. The molecule has 1 nitrogen and oxygen atoms in total. The predicted octanol–water partition coefficient (Wildman–Crippen LogP) is 4.66. The molecule has 0 aromatic heterocycles. The maximum absolute atomic E-state index is 6.10. The summed E-state index contributed by atoms with van der Waals surface area (Å²) in [5.41, 5.74) is 1.69. The zero-order valence-electron chi connectivity index (χ0n) is 8.40. The number of halogens is 2. The van der Waals surface area contributed by atoms with Crippen molar-refractivity contribution in [2.45, 2.75) is 0 Å². The molecule has 2 aromatic rings. The molecule has 3 heteroatoms. The van der Waals surface area contributed by atoms with Crippen LogP contribution in [0.4, 0.5) is 5.69 Å². The van der Waals surface area contributed by atoms with Crippen LogP contribution in [0.2, 0.25) is 5.02 Å². The van der Waals surface area contributed by atoms with Crippen LogP contribution in [0.25, 0.3) is 0 Å². The van der Waals surface area contributed by atoms with E-state index in [1.54, 1.807) is 12.1 Å². The fourth-order valence-electron chi connectivity index (χ4n) is 1.27. The maximum atomic E-state index is 6.10. The quantitative estimate of drug-likeness (QED) is 0.687. The zero-order chi connectivity index (χ0) is 11.4. The van der Waals surface area contributed by atoms with E-state index in [4.69, 9.17) is 23.2 Å². The predicted molar refractivity (Wildman–Crippen MR) is 69.9 cm³/mol. The van der Waals surface area contributed by atoms with E-state index in [0.717, 1.165) is 11.3 Å². The van der Waals surface area contributed by atoms with Gasteiger partial charge < -0.3 is 0 Å². The lowest BCUT2D eigenvalue weighted by Gasteiger charge is -1.98. The van der Waals surface area contributed by atoms with Crippen LogP contribution in [0.1, 0.15) is 5.56 Å². The smallest absolute Gasteiger partial charge is 0.136 e. The molecule has 0 amide bonds. The van der Waals surface area contributed by atoms with Crippen molar-refractivity contribution < 1.29 is 0 Å². The van der Waals surface area contributed by atoms with Gasteiger partial charge in [-0.25, -0.2) is 4.99 Å². The molecule has 0 N–H and O–H groups in total. The summed E-state index contributed by atoms with van der Waals surface area (Å²) in [6, 6.07) is 16.9. The summed E-state index contributed by atoms with van der Waals surface area (Å²) in [5, 5.41) is 1.16. The summed E-state index contributed by atoms with van der Waals surface area (Å²) in [6.45, 7) is 0. The Bertz CT molecular complexity index is 489. The highest BCUT2D eigenvalue weighted by Crippen LogP contribution is 2.18. The molecule has 0 aliphatic carbocycles. The largest absolute Gasteiger partial charge is 0.236 e. The molecule has 80 valence electrons. The van der Waals surface area contributed by atoms with Crippen molar-refractivity contribution in [3.63, 3.8) is 0 Å². The number of aliphatic imine (C=N–C) groups is 1. The van der Waals surface area contributed by atoms with Gasteiger partial charge in [0.05, 0.1) is 5.69 Å². The van der Waals surface area contributed by atoms with E-state index >= 15 is 0 Å². The van der Waals surface area contributed by atoms with E-state index in [9.17, 15) is 0 Å². The van der Waals surface area contributed by atoms with E-state index in [0.29, 0.717) is 10.2 Å². The summed E-state index contributed by atoms with van der Waals surface area (Å²) in [7, 11) is 0. The average Bonchev–Trinajstić information content (AvgIpc) is 2.33. The van der Waals surface area contributed by atoms with Gasteiger partial charge in [0.25, 0.3) is 0 Å². The minimum absolute atomic E-state index is 0.475. The second-order valence-corrected chi connectivity index (χ2v) is 4.04. The molecule has 2 rings (SSSR count). The average molecular weight is 250 g/mol. The second-order valence-electron chi connectivity index (χ2n) is 3.25. The van der Waals surface area contributed by atoms with Crippen molar-refractivity contribution >= 4 is 34.1 Å². The van der Waals surface area contributed by atoms with Gasteiger partial charge in [-0.05, 0) is 24.3 Å². The molecular formula is C13H9Cl2N. The van der Waals surface area contributed by atoms with Crippen LogP contribution in [0.3, 0.4) is 0 Å². The first-order valence-corrected chi connectivity index (χ1v) is 5.56. The minimum atomic E-state index is 0.475. The molecular weight excluding hydrogens is 241 g/mol. The normalized spacial score (nSPS) is 11.5. The van der Waals surface area contributed by atoms with Crippen LogP contribution in [-0.2, 0) is 0 Å². The maximum Gasteiger partial charge on any atom is 0.136 e. The van der Waals surface area contributed by atoms with Crippen molar-refractivity contribution in [3.8, 4) is 0 Å². The molecule has 0 aliphatic rings. The lowest BCUT2D eigenvalue weighted by Crippen LogP contribution is -1.88. The first kappa shape index (κ1) is 11.2. The van der Waals surface area contributed by atoms with Gasteiger partial charge in [0.1, 0.15) is 5.17 Å². The van der Waals surface area contributed by atoms with Crippen LogP contribution >= 0.6 is 23.2 Å². The first-order valence-electron chi connectivity index (χ1n) is 4.81. The lowest BCUT2D eigenvalue weighted by atomic mass is 10.2. The second kappa shape index (κ2) is 5.15. The summed E-state index contributed by atoms with van der Waals surface area (Å²) < 4.78 is 0. The molecule has 0 saturated heterocycles. The molecule has 0 unspecified atom stereocenters. The van der Waals surface area contributed by atoms with E-state index < -0.39 is 0 Å². The van der Waals surface area contributed by atoms with Crippen LogP contribution in [-0.4, -0.2) is 5.17 Å². The summed E-state index contributed by atoms with van der Waals surface area (Å²) in [6.07, 6.45) is 0. The molecule has 16 heavy (non-hydrogen) atoms. The Labute approximate surface area is 104 Å². The molecule has 0 fully saturated rings. The fourth-order valence-corrected chi connectivity index (χ4v) is 1.62. The highest BCUT2D eigenvalue weighted by molar-refractivity contribution is 6.69. The van der Waals surface area contributed by atoms with Gasteiger partial charge >= 0.3 is 0 Å². The van der Waals surface area contributed by atoms with Gasteiger partial charge in [-0.3, -0.25) is 0 Å². The third-order valence-corrected chi connectivity index (χ3v) is 2.62. The first-order chi connectivity index (χ1) is 7.75. The van der Waals surface area contributed by atoms with E-state index in [-0.39, 0.29) is 0 Å². The summed E-state index contributed by atoms with van der Waals surface area (Å²) in [5.74, 6) is 0. The van der Waals surface area contributed by atoms with E-state index in [2.05, 4.69) is 4.99 Å². The lowest BCUT2D eigenvalue weighted by molar-refractivity contribution is 1.52. The summed E-state index contributed by atoms with van der Waals surface area (Å²) >= 11 is 11.9. The van der Waals surface area contributed by atoms with Crippen molar-refractivity contribution in [3.05, 3.63) is 65.2 Å². The van der Waals surface area contributed by atoms with Crippen LogP contribution in [0.15, 0.2) is 59.6 Å². The van der Waals surface area contributed by atoms with Crippen molar-refractivity contribution in [1.82, 2.24) is 0 Å². The fraction of sp³-hybridized carbons (Fsp3) is 0. The Kier molecular flexibility index (Phi) is 3.60. The highest BCUT2D eigenvalue weighted by Gasteiger charge is 1.98. The van der Waals surface area contributed by atoms with Crippen LogP contribution < -0.4 is 0 Å². The highest BCUT2D eigenvalue weighted by atomic mass is 35.5. The minimum Gasteiger partial charge on any atom is -0.236 e. The standard InChI is InChI=1S/C13H9Cl2N/c14-11-6-8-12(9-7-11)16-13(15)10-4-2-1-3-5-10/h1-9H/b16-13+. The molecule has 2 aromatic carbocycles.